The van der Waals surface area contributed by atoms with Crippen LogP contribution in [0.3, 0.4) is 0 Å². The van der Waals surface area contributed by atoms with Gasteiger partial charge in [0.2, 0.25) is 0 Å². The summed E-state index contributed by atoms with van der Waals surface area (Å²) in [6.07, 6.45) is 2.26. The largest absolute Gasteiger partial charge is 0.299 e. The molecule has 1 saturated heterocycles. The summed E-state index contributed by atoms with van der Waals surface area (Å²) in [6.45, 7) is 6.14. The SMILES string of the molecule is Cc1[nH]n(C2CCS(=O)(=O)C2)c(=O)c1CCC(C)C. The standard InChI is InChI=1S/C13H22N2O3S/c1-9(2)4-5-12-10(3)14-15(13(12)16)11-6-7-19(17,18)8-11/h9,11,14H,4-8H2,1-3H3. The van der Waals surface area contributed by atoms with Gasteiger partial charge in [0, 0.05) is 11.3 Å². The maximum atomic E-state index is 12.3. The fourth-order valence-corrected chi connectivity index (χ4v) is 4.27. The van der Waals surface area contributed by atoms with Gasteiger partial charge in [-0.25, -0.2) is 13.1 Å². The molecule has 108 valence electrons. The van der Waals surface area contributed by atoms with E-state index in [4.69, 9.17) is 0 Å². The van der Waals surface area contributed by atoms with Crippen LogP contribution in [0.1, 0.15) is 44.0 Å². The van der Waals surface area contributed by atoms with Crippen molar-refractivity contribution >= 4 is 9.84 Å². The van der Waals surface area contributed by atoms with Crippen LogP contribution in [-0.2, 0) is 16.3 Å². The monoisotopic (exact) mass is 286 g/mol. The lowest BCUT2D eigenvalue weighted by Crippen LogP contribution is -2.25. The van der Waals surface area contributed by atoms with Gasteiger partial charge in [-0.1, -0.05) is 13.8 Å². The molecule has 0 bridgehead atoms. The van der Waals surface area contributed by atoms with Crippen molar-refractivity contribution in [1.29, 1.82) is 0 Å². The van der Waals surface area contributed by atoms with Gasteiger partial charge in [0.1, 0.15) is 0 Å². The molecule has 1 N–H and O–H groups in total. The number of aromatic amines is 1. The van der Waals surface area contributed by atoms with Gasteiger partial charge in [-0.2, -0.15) is 0 Å². The highest BCUT2D eigenvalue weighted by atomic mass is 32.2. The van der Waals surface area contributed by atoms with E-state index >= 15 is 0 Å². The quantitative estimate of drug-likeness (QED) is 0.910. The maximum Gasteiger partial charge on any atom is 0.270 e. The number of nitrogens with one attached hydrogen (secondary N) is 1. The van der Waals surface area contributed by atoms with E-state index in [1.807, 2.05) is 6.92 Å². The highest BCUT2D eigenvalue weighted by Crippen LogP contribution is 2.22. The Hall–Kier alpha value is -1.04. The molecule has 0 aromatic carbocycles. The average Bonchev–Trinajstić information content (AvgIpc) is 2.77. The van der Waals surface area contributed by atoms with Crippen LogP contribution in [-0.4, -0.2) is 29.7 Å². The number of sulfone groups is 1. The van der Waals surface area contributed by atoms with E-state index in [1.54, 1.807) is 0 Å². The van der Waals surface area contributed by atoms with E-state index in [2.05, 4.69) is 18.9 Å². The van der Waals surface area contributed by atoms with E-state index in [1.165, 1.54) is 4.68 Å². The first kappa shape index (κ1) is 14.4. The van der Waals surface area contributed by atoms with Crippen LogP contribution in [0.15, 0.2) is 4.79 Å². The summed E-state index contributed by atoms with van der Waals surface area (Å²) < 4.78 is 24.5. The summed E-state index contributed by atoms with van der Waals surface area (Å²) in [5.41, 5.74) is 1.63. The van der Waals surface area contributed by atoms with Crippen LogP contribution in [0, 0.1) is 12.8 Å². The van der Waals surface area contributed by atoms with Crippen LogP contribution in [0.25, 0.3) is 0 Å². The Balaban J connectivity index is 2.24. The predicted octanol–water partition coefficient (Wildman–Crippen LogP) is 1.43. The molecule has 0 radical (unpaired) electrons. The van der Waals surface area contributed by atoms with E-state index in [-0.39, 0.29) is 23.1 Å². The van der Waals surface area contributed by atoms with Crippen molar-refractivity contribution in [3.8, 4) is 0 Å². The minimum atomic E-state index is -2.97. The second-order valence-corrected chi connectivity index (χ2v) is 8.11. The molecule has 1 aliphatic rings. The smallest absolute Gasteiger partial charge is 0.270 e. The zero-order chi connectivity index (χ0) is 14.2. The molecule has 0 spiro atoms. The Morgan fingerprint density at radius 3 is 2.63 bits per heavy atom. The van der Waals surface area contributed by atoms with Crippen molar-refractivity contribution in [2.75, 3.05) is 11.5 Å². The number of aryl methyl sites for hydroxylation is 1. The molecule has 6 heteroatoms. The van der Waals surface area contributed by atoms with E-state index < -0.39 is 9.84 Å². The number of rotatable bonds is 4. The van der Waals surface area contributed by atoms with Crippen LogP contribution in [0.5, 0.6) is 0 Å². The molecule has 1 aromatic heterocycles. The predicted molar refractivity (Wildman–Crippen MR) is 75.3 cm³/mol. The number of nitrogens with zero attached hydrogens (tertiary/aromatic N) is 1. The highest BCUT2D eigenvalue weighted by molar-refractivity contribution is 7.91. The molecule has 2 rings (SSSR count). The average molecular weight is 286 g/mol. The van der Waals surface area contributed by atoms with E-state index in [0.717, 1.165) is 24.1 Å². The summed E-state index contributed by atoms with van der Waals surface area (Å²) in [4.78, 5) is 12.3. The van der Waals surface area contributed by atoms with Crippen LogP contribution in [0.4, 0.5) is 0 Å². The lowest BCUT2D eigenvalue weighted by molar-refractivity contribution is 0.482. The number of H-pyrrole nitrogens is 1. The van der Waals surface area contributed by atoms with Crippen molar-refractivity contribution in [3.05, 3.63) is 21.6 Å². The van der Waals surface area contributed by atoms with E-state index in [9.17, 15) is 13.2 Å². The molecule has 0 aliphatic carbocycles. The minimum Gasteiger partial charge on any atom is -0.299 e. The van der Waals surface area contributed by atoms with Crippen molar-refractivity contribution in [2.45, 2.75) is 46.1 Å². The van der Waals surface area contributed by atoms with Gasteiger partial charge in [0.25, 0.3) is 5.56 Å². The van der Waals surface area contributed by atoms with Crippen LogP contribution < -0.4 is 5.56 Å². The lowest BCUT2D eigenvalue weighted by atomic mass is 10.0. The van der Waals surface area contributed by atoms with Gasteiger partial charge in [-0.05, 0) is 32.1 Å². The molecule has 0 saturated carbocycles. The fourth-order valence-electron chi connectivity index (χ4n) is 2.57. The Morgan fingerprint density at radius 2 is 2.11 bits per heavy atom. The first-order chi connectivity index (χ1) is 8.80. The fraction of sp³-hybridized carbons (Fsp3) is 0.769. The Kier molecular flexibility index (Phi) is 3.90. The molecular formula is C13H22N2O3S. The lowest BCUT2D eigenvalue weighted by Gasteiger charge is -2.07. The third-order valence-electron chi connectivity index (χ3n) is 3.76. The minimum absolute atomic E-state index is 0.0414. The Labute approximate surface area is 113 Å². The Bertz CT molecular complexity index is 610. The van der Waals surface area contributed by atoms with Crippen molar-refractivity contribution in [3.63, 3.8) is 0 Å². The second-order valence-electron chi connectivity index (χ2n) is 5.88. The maximum absolute atomic E-state index is 12.3. The van der Waals surface area contributed by atoms with Crippen LogP contribution >= 0.6 is 0 Å². The first-order valence-corrected chi connectivity index (χ1v) is 8.62. The van der Waals surface area contributed by atoms with E-state index in [0.29, 0.717) is 12.3 Å². The molecule has 0 amide bonds. The topological polar surface area (TPSA) is 71.9 Å². The summed E-state index contributed by atoms with van der Waals surface area (Å²) in [6, 6.07) is -0.219. The van der Waals surface area contributed by atoms with Gasteiger partial charge in [-0.3, -0.25) is 9.89 Å². The summed E-state index contributed by atoms with van der Waals surface area (Å²) in [7, 11) is -2.97. The highest BCUT2D eigenvalue weighted by Gasteiger charge is 2.31. The van der Waals surface area contributed by atoms with Crippen molar-refractivity contribution in [1.82, 2.24) is 9.78 Å². The van der Waals surface area contributed by atoms with Gasteiger partial charge in [0.05, 0.1) is 17.5 Å². The molecule has 19 heavy (non-hydrogen) atoms. The van der Waals surface area contributed by atoms with Gasteiger partial charge in [0.15, 0.2) is 9.84 Å². The molecule has 1 unspecified atom stereocenters. The Morgan fingerprint density at radius 1 is 1.42 bits per heavy atom. The third-order valence-corrected chi connectivity index (χ3v) is 5.51. The molecule has 2 heterocycles. The molecule has 1 atom stereocenters. The summed E-state index contributed by atoms with van der Waals surface area (Å²) >= 11 is 0. The zero-order valence-corrected chi connectivity index (χ0v) is 12.6. The third kappa shape index (κ3) is 3.11. The summed E-state index contributed by atoms with van der Waals surface area (Å²) in [5, 5.41) is 3.06. The van der Waals surface area contributed by atoms with Gasteiger partial charge < -0.3 is 0 Å². The second kappa shape index (κ2) is 5.15. The molecule has 1 aromatic rings. The molecule has 1 fully saturated rings. The molecule has 1 aliphatic heterocycles. The number of hydrogen-bond donors (Lipinski definition) is 1. The van der Waals surface area contributed by atoms with Gasteiger partial charge in [-0.15, -0.1) is 0 Å². The first-order valence-electron chi connectivity index (χ1n) is 6.80. The molecular weight excluding hydrogens is 264 g/mol. The summed E-state index contributed by atoms with van der Waals surface area (Å²) in [5.74, 6) is 0.814. The van der Waals surface area contributed by atoms with Crippen molar-refractivity contribution < 1.29 is 8.42 Å². The molecule has 5 nitrogen and oxygen atoms in total. The number of aromatic nitrogens is 2. The normalized spacial score (nSPS) is 22.2. The van der Waals surface area contributed by atoms with Crippen molar-refractivity contribution in [2.24, 2.45) is 5.92 Å². The number of hydrogen-bond acceptors (Lipinski definition) is 3. The van der Waals surface area contributed by atoms with Crippen LogP contribution in [0.2, 0.25) is 0 Å². The van der Waals surface area contributed by atoms with Gasteiger partial charge >= 0.3 is 0 Å². The zero-order valence-electron chi connectivity index (χ0n) is 11.8.